The van der Waals surface area contributed by atoms with Crippen molar-refractivity contribution in [2.24, 2.45) is 5.16 Å². The van der Waals surface area contributed by atoms with Gasteiger partial charge in [-0.2, -0.15) is 0 Å². The van der Waals surface area contributed by atoms with Gasteiger partial charge in [-0.15, -0.1) is 0 Å². The van der Waals surface area contributed by atoms with Gasteiger partial charge in [-0.3, -0.25) is 4.90 Å². The van der Waals surface area contributed by atoms with Gasteiger partial charge in [0.2, 0.25) is 0 Å². The van der Waals surface area contributed by atoms with Crippen molar-refractivity contribution in [3.8, 4) is 0 Å². The van der Waals surface area contributed by atoms with Crippen LogP contribution in [0.25, 0.3) is 0 Å². The maximum atomic E-state index is 8.99. The summed E-state index contributed by atoms with van der Waals surface area (Å²) in [6.07, 6.45) is 2.35. The fourth-order valence-electron chi connectivity index (χ4n) is 2.85. The Hall–Kier alpha value is -1.35. The number of piperidine rings is 1. The van der Waals surface area contributed by atoms with Crippen molar-refractivity contribution in [2.45, 2.75) is 45.1 Å². The molecule has 1 aliphatic heterocycles. The topological polar surface area (TPSA) is 35.8 Å². The van der Waals surface area contributed by atoms with Gasteiger partial charge in [0.15, 0.2) is 0 Å². The molecular weight excluding hydrogens is 236 g/mol. The van der Waals surface area contributed by atoms with Crippen LogP contribution in [0.4, 0.5) is 0 Å². The summed E-state index contributed by atoms with van der Waals surface area (Å²) in [6.45, 7) is 8.26. The number of hydrogen-bond donors (Lipinski definition) is 1. The molecule has 1 fully saturated rings. The van der Waals surface area contributed by atoms with Crippen LogP contribution in [0.15, 0.2) is 35.5 Å². The van der Waals surface area contributed by atoms with E-state index in [0.717, 1.165) is 18.8 Å². The summed E-state index contributed by atoms with van der Waals surface area (Å²) >= 11 is 0. The minimum Gasteiger partial charge on any atom is -0.411 e. The van der Waals surface area contributed by atoms with E-state index in [9.17, 15) is 0 Å². The highest BCUT2D eigenvalue weighted by Crippen LogP contribution is 2.31. The molecule has 1 aliphatic rings. The molecule has 0 bridgehead atoms. The van der Waals surface area contributed by atoms with Crippen LogP contribution in [0.1, 0.15) is 45.1 Å². The minimum atomic E-state index is -0.156. The second-order valence-corrected chi connectivity index (χ2v) is 5.92. The summed E-state index contributed by atoms with van der Waals surface area (Å²) < 4.78 is 0. The first-order chi connectivity index (χ1) is 9.05. The molecule has 0 aromatic heterocycles. The Morgan fingerprint density at radius 2 is 1.79 bits per heavy atom. The van der Waals surface area contributed by atoms with Crippen LogP contribution < -0.4 is 0 Å². The third-order valence-electron chi connectivity index (χ3n) is 4.59. The number of oxime groups is 1. The van der Waals surface area contributed by atoms with Crippen molar-refractivity contribution in [1.29, 1.82) is 0 Å². The van der Waals surface area contributed by atoms with Crippen LogP contribution in [-0.4, -0.2) is 34.4 Å². The average Bonchev–Trinajstić information content (AvgIpc) is 2.47. The predicted molar refractivity (Wildman–Crippen MR) is 79.0 cm³/mol. The normalized spacial score (nSPS) is 19.6. The van der Waals surface area contributed by atoms with Gasteiger partial charge in [0.1, 0.15) is 0 Å². The summed E-state index contributed by atoms with van der Waals surface area (Å²) in [6, 6.07) is 10.8. The van der Waals surface area contributed by atoms with Gasteiger partial charge in [-0.25, -0.2) is 0 Å². The molecule has 19 heavy (non-hydrogen) atoms. The lowest BCUT2D eigenvalue weighted by molar-refractivity contribution is 0.132. The Kier molecular flexibility index (Phi) is 4.25. The highest BCUT2D eigenvalue weighted by Gasteiger charge is 2.33. The number of hydrogen-bond acceptors (Lipinski definition) is 3. The Morgan fingerprint density at radius 3 is 2.32 bits per heavy atom. The van der Waals surface area contributed by atoms with E-state index in [1.807, 2.05) is 6.92 Å². The molecule has 0 unspecified atom stereocenters. The third kappa shape index (κ3) is 2.98. The van der Waals surface area contributed by atoms with Crippen molar-refractivity contribution >= 4 is 5.71 Å². The number of nitrogens with zero attached hydrogens (tertiary/aromatic N) is 2. The summed E-state index contributed by atoms with van der Waals surface area (Å²) in [7, 11) is 0. The van der Waals surface area contributed by atoms with E-state index < -0.39 is 0 Å². The molecule has 1 saturated heterocycles. The molecule has 2 rings (SSSR count). The van der Waals surface area contributed by atoms with E-state index >= 15 is 0 Å². The molecule has 0 radical (unpaired) electrons. The molecule has 3 heteroatoms. The molecule has 3 nitrogen and oxygen atoms in total. The van der Waals surface area contributed by atoms with Gasteiger partial charge in [-0.1, -0.05) is 35.5 Å². The number of rotatable bonds is 3. The van der Waals surface area contributed by atoms with Crippen LogP contribution in [0.3, 0.4) is 0 Å². The lowest BCUT2D eigenvalue weighted by Gasteiger charge is -2.42. The summed E-state index contributed by atoms with van der Waals surface area (Å²) in [5.41, 5.74) is 2.08. The average molecular weight is 260 g/mol. The van der Waals surface area contributed by atoms with Gasteiger partial charge in [0.05, 0.1) is 11.3 Å². The zero-order chi connectivity index (χ0) is 13.9. The lowest BCUT2D eigenvalue weighted by atomic mass is 9.86. The quantitative estimate of drug-likeness (QED) is 0.513. The first kappa shape index (κ1) is 14.1. The van der Waals surface area contributed by atoms with Crippen molar-refractivity contribution in [1.82, 2.24) is 4.90 Å². The zero-order valence-electron chi connectivity index (χ0n) is 12.1. The predicted octanol–water partition coefficient (Wildman–Crippen LogP) is 3.49. The highest BCUT2D eigenvalue weighted by atomic mass is 16.4. The molecular formula is C16H24N2O. The SMILES string of the molecule is C/C(=N\O)C(C)(C)N1CCC(c2ccccc2)CC1. The van der Waals surface area contributed by atoms with Crippen molar-refractivity contribution in [3.05, 3.63) is 35.9 Å². The van der Waals surface area contributed by atoms with Crippen molar-refractivity contribution in [3.63, 3.8) is 0 Å². The van der Waals surface area contributed by atoms with Gasteiger partial charge in [0.25, 0.3) is 0 Å². The van der Waals surface area contributed by atoms with Gasteiger partial charge >= 0.3 is 0 Å². The maximum Gasteiger partial charge on any atom is 0.0736 e. The molecule has 1 N–H and O–H groups in total. The first-order valence-electron chi connectivity index (χ1n) is 7.05. The molecule has 0 spiro atoms. The Balaban J connectivity index is 2.00. The summed E-state index contributed by atoms with van der Waals surface area (Å²) in [5.74, 6) is 0.666. The molecule has 1 aromatic carbocycles. The van der Waals surface area contributed by atoms with Crippen LogP contribution in [-0.2, 0) is 0 Å². The second-order valence-electron chi connectivity index (χ2n) is 5.92. The van der Waals surface area contributed by atoms with E-state index in [0.29, 0.717) is 5.92 Å². The smallest absolute Gasteiger partial charge is 0.0736 e. The summed E-state index contributed by atoms with van der Waals surface area (Å²) in [5, 5.41) is 12.4. The van der Waals surface area contributed by atoms with Gasteiger partial charge in [-0.05, 0) is 58.2 Å². The molecule has 0 aliphatic carbocycles. The zero-order valence-corrected chi connectivity index (χ0v) is 12.1. The molecule has 0 saturated carbocycles. The molecule has 1 heterocycles. The van der Waals surface area contributed by atoms with Crippen LogP contribution in [0.2, 0.25) is 0 Å². The van der Waals surface area contributed by atoms with Crippen molar-refractivity contribution < 1.29 is 5.21 Å². The molecule has 1 aromatic rings. The van der Waals surface area contributed by atoms with Gasteiger partial charge in [0, 0.05) is 0 Å². The summed E-state index contributed by atoms with van der Waals surface area (Å²) in [4.78, 5) is 2.42. The lowest BCUT2D eigenvalue weighted by Crippen LogP contribution is -2.52. The van der Waals surface area contributed by atoms with Crippen LogP contribution in [0.5, 0.6) is 0 Å². The Morgan fingerprint density at radius 1 is 1.21 bits per heavy atom. The number of likely N-dealkylation sites (tertiary alicyclic amines) is 1. The fraction of sp³-hybridized carbons (Fsp3) is 0.562. The standard InChI is InChI=1S/C16H24N2O/c1-13(17-19)16(2,3)18-11-9-15(10-12-18)14-7-5-4-6-8-14/h4-8,15,19H,9-12H2,1-3H3/b17-13+. The third-order valence-corrected chi connectivity index (χ3v) is 4.59. The van der Waals surface area contributed by atoms with Crippen molar-refractivity contribution in [2.75, 3.05) is 13.1 Å². The fourth-order valence-corrected chi connectivity index (χ4v) is 2.85. The molecule has 104 valence electrons. The van der Waals surface area contributed by atoms with Gasteiger partial charge < -0.3 is 5.21 Å². The van der Waals surface area contributed by atoms with E-state index in [1.54, 1.807) is 0 Å². The monoisotopic (exact) mass is 260 g/mol. The van der Waals surface area contributed by atoms with E-state index in [1.165, 1.54) is 18.4 Å². The second kappa shape index (κ2) is 5.74. The number of benzene rings is 1. The van der Waals surface area contributed by atoms with Crippen LogP contribution in [0, 0.1) is 0 Å². The Labute approximate surface area is 115 Å². The maximum absolute atomic E-state index is 8.99. The van der Waals surface area contributed by atoms with Crippen LogP contribution >= 0.6 is 0 Å². The van der Waals surface area contributed by atoms with E-state index in [-0.39, 0.29) is 5.54 Å². The first-order valence-corrected chi connectivity index (χ1v) is 7.05. The molecule has 0 amide bonds. The minimum absolute atomic E-state index is 0.156. The highest BCUT2D eigenvalue weighted by molar-refractivity contribution is 5.90. The molecule has 0 atom stereocenters. The van der Waals surface area contributed by atoms with E-state index in [2.05, 4.69) is 54.2 Å². The Bertz CT molecular complexity index is 431. The largest absolute Gasteiger partial charge is 0.411 e. The van der Waals surface area contributed by atoms with E-state index in [4.69, 9.17) is 5.21 Å².